The summed E-state index contributed by atoms with van der Waals surface area (Å²) < 4.78 is 32.7. The number of amides is 1. The van der Waals surface area contributed by atoms with Crippen LogP contribution >= 0.6 is 0 Å². The van der Waals surface area contributed by atoms with E-state index >= 15 is 0 Å². The van der Waals surface area contributed by atoms with Gasteiger partial charge in [0.1, 0.15) is 10.6 Å². The molecule has 1 aliphatic rings. The molecule has 3 rings (SSSR count). The fourth-order valence-electron chi connectivity index (χ4n) is 3.49. The van der Waals surface area contributed by atoms with Crippen molar-refractivity contribution in [3.8, 4) is 5.75 Å². The van der Waals surface area contributed by atoms with Crippen molar-refractivity contribution in [2.24, 2.45) is 0 Å². The largest absolute Gasteiger partial charge is 0.495 e. The van der Waals surface area contributed by atoms with Crippen molar-refractivity contribution in [1.82, 2.24) is 9.62 Å². The molecular formula is C22H28N2O4S. The number of nitrogens with zero attached hydrogens (tertiary/aromatic N) is 1. The maximum absolute atomic E-state index is 13.0. The molecule has 1 atom stereocenters. The standard InChI is InChI=1S/C22H28N2O4S/c1-4-17-7-9-18(10-8-17)16(2)23-22(25)19-11-12-20(28-3)21(15-19)29(26,27)24-13-5-6-14-24/h7-12,15-16H,4-6,13-14H2,1-3H3,(H,23,25)/t16-/m1/s1. The normalized spacial score (nSPS) is 15.8. The van der Waals surface area contributed by atoms with Gasteiger partial charge in [-0.2, -0.15) is 4.31 Å². The monoisotopic (exact) mass is 416 g/mol. The summed E-state index contributed by atoms with van der Waals surface area (Å²) in [6, 6.07) is 12.4. The van der Waals surface area contributed by atoms with Crippen LogP contribution in [0.25, 0.3) is 0 Å². The molecule has 0 spiro atoms. The van der Waals surface area contributed by atoms with E-state index in [1.54, 1.807) is 12.1 Å². The molecule has 1 amide bonds. The topological polar surface area (TPSA) is 75.7 Å². The lowest BCUT2D eigenvalue weighted by Gasteiger charge is -2.19. The molecule has 1 fully saturated rings. The number of rotatable bonds is 7. The molecule has 0 aliphatic carbocycles. The molecule has 1 N–H and O–H groups in total. The molecule has 0 bridgehead atoms. The van der Waals surface area contributed by atoms with Gasteiger partial charge in [-0.1, -0.05) is 31.2 Å². The molecule has 0 saturated carbocycles. The maximum Gasteiger partial charge on any atom is 0.251 e. The third-order valence-corrected chi connectivity index (χ3v) is 7.26. The summed E-state index contributed by atoms with van der Waals surface area (Å²) in [5.74, 6) is -0.0748. The minimum Gasteiger partial charge on any atom is -0.495 e. The van der Waals surface area contributed by atoms with E-state index in [-0.39, 0.29) is 22.6 Å². The van der Waals surface area contributed by atoms with Gasteiger partial charge < -0.3 is 10.1 Å². The number of aryl methyl sites for hydroxylation is 1. The SMILES string of the molecule is CCc1ccc([C@@H](C)NC(=O)c2ccc(OC)c(S(=O)(=O)N3CCCC3)c2)cc1. The van der Waals surface area contributed by atoms with Gasteiger partial charge in [-0.3, -0.25) is 4.79 Å². The summed E-state index contributed by atoms with van der Waals surface area (Å²) in [4.78, 5) is 12.8. The van der Waals surface area contributed by atoms with Crippen LogP contribution in [0.2, 0.25) is 0 Å². The van der Waals surface area contributed by atoms with Crippen LogP contribution in [-0.4, -0.2) is 38.8 Å². The fourth-order valence-corrected chi connectivity index (χ4v) is 5.19. The van der Waals surface area contributed by atoms with Crippen LogP contribution in [0, 0.1) is 0 Å². The van der Waals surface area contributed by atoms with E-state index in [0.29, 0.717) is 18.7 Å². The zero-order chi connectivity index (χ0) is 21.0. The van der Waals surface area contributed by atoms with Crippen molar-refractivity contribution in [3.05, 3.63) is 59.2 Å². The lowest BCUT2D eigenvalue weighted by atomic mass is 10.0. The van der Waals surface area contributed by atoms with Gasteiger partial charge in [-0.25, -0.2) is 8.42 Å². The van der Waals surface area contributed by atoms with Crippen LogP contribution in [0.1, 0.15) is 54.2 Å². The average Bonchev–Trinajstić information content (AvgIpc) is 3.29. The lowest BCUT2D eigenvalue weighted by Crippen LogP contribution is -2.29. The molecule has 2 aromatic rings. The van der Waals surface area contributed by atoms with E-state index in [0.717, 1.165) is 24.8 Å². The van der Waals surface area contributed by atoms with Gasteiger partial charge in [0.25, 0.3) is 5.91 Å². The highest BCUT2D eigenvalue weighted by atomic mass is 32.2. The minimum atomic E-state index is -3.70. The molecule has 0 radical (unpaired) electrons. The van der Waals surface area contributed by atoms with Crippen LogP contribution in [0.5, 0.6) is 5.75 Å². The second-order valence-corrected chi connectivity index (χ2v) is 9.17. The number of nitrogens with one attached hydrogen (secondary N) is 1. The summed E-state index contributed by atoms with van der Waals surface area (Å²) >= 11 is 0. The van der Waals surface area contributed by atoms with Crippen LogP contribution in [0.4, 0.5) is 0 Å². The molecule has 0 unspecified atom stereocenters. The molecule has 1 saturated heterocycles. The number of benzene rings is 2. The quantitative estimate of drug-likeness (QED) is 0.749. The van der Waals surface area contributed by atoms with Gasteiger partial charge in [0.15, 0.2) is 0 Å². The predicted molar refractivity (Wildman–Crippen MR) is 113 cm³/mol. The first-order chi connectivity index (χ1) is 13.9. The van der Waals surface area contributed by atoms with Crippen molar-refractivity contribution in [2.45, 2.75) is 44.0 Å². The first-order valence-electron chi connectivity index (χ1n) is 9.94. The minimum absolute atomic E-state index is 0.0366. The fraction of sp³-hybridized carbons (Fsp3) is 0.409. The summed E-state index contributed by atoms with van der Waals surface area (Å²) in [6.07, 6.45) is 2.65. The zero-order valence-electron chi connectivity index (χ0n) is 17.1. The summed E-state index contributed by atoms with van der Waals surface area (Å²) in [7, 11) is -2.27. The summed E-state index contributed by atoms with van der Waals surface area (Å²) in [5.41, 5.74) is 2.52. The number of hydrogen-bond acceptors (Lipinski definition) is 4. The third kappa shape index (κ3) is 4.62. The molecule has 2 aromatic carbocycles. The van der Waals surface area contributed by atoms with E-state index in [1.807, 2.05) is 31.2 Å². The van der Waals surface area contributed by atoms with Gasteiger partial charge in [0, 0.05) is 18.7 Å². The van der Waals surface area contributed by atoms with E-state index < -0.39 is 10.0 Å². The van der Waals surface area contributed by atoms with Crippen LogP contribution < -0.4 is 10.1 Å². The number of sulfonamides is 1. The van der Waals surface area contributed by atoms with Crippen molar-refractivity contribution in [2.75, 3.05) is 20.2 Å². The molecule has 1 aliphatic heterocycles. The van der Waals surface area contributed by atoms with Crippen LogP contribution in [0.3, 0.4) is 0 Å². The highest BCUT2D eigenvalue weighted by Gasteiger charge is 2.30. The molecule has 6 nitrogen and oxygen atoms in total. The summed E-state index contributed by atoms with van der Waals surface area (Å²) in [6.45, 7) is 4.99. The Kier molecular flexibility index (Phi) is 6.59. The van der Waals surface area contributed by atoms with Crippen molar-refractivity contribution < 1.29 is 17.9 Å². The molecule has 1 heterocycles. The van der Waals surface area contributed by atoms with E-state index in [4.69, 9.17) is 4.74 Å². The number of ether oxygens (including phenoxy) is 1. The van der Waals surface area contributed by atoms with Crippen molar-refractivity contribution in [3.63, 3.8) is 0 Å². The second kappa shape index (κ2) is 8.97. The lowest BCUT2D eigenvalue weighted by molar-refractivity contribution is 0.0939. The van der Waals surface area contributed by atoms with Gasteiger partial charge >= 0.3 is 0 Å². The molecule has 156 valence electrons. The zero-order valence-corrected chi connectivity index (χ0v) is 18.0. The average molecular weight is 417 g/mol. The van der Waals surface area contributed by atoms with Crippen molar-refractivity contribution >= 4 is 15.9 Å². The predicted octanol–water partition coefficient (Wildman–Crippen LogP) is 3.53. The summed E-state index contributed by atoms with van der Waals surface area (Å²) in [5, 5.41) is 2.95. The van der Waals surface area contributed by atoms with Crippen molar-refractivity contribution in [1.29, 1.82) is 0 Å². The smallest absolute Gasteiger partial charge is 0.251 e. The number of carbonyl (C=O) groups excluding carboxylic acids is 1. The Morgan fingerprint density at radius 3 is 2.38 bits per heavy atom. The van der Waals surface area contributed by atoms with E-state index in [9.17, 15) is 13.2 Å². The number of hydrogen-bond donors (Lipinski definition) is 1. The van der Waals surface area contributed by atoms with Gasteiger partial charge in [-0.15, -0.1) is 0 Å². The first-order valence-corrected chi connectivity index (χ1v) is 11.4. The van der Waals surface area contributed by atoms with Crippen LogP contribution in [-0.2, 0) is 16.4 Å². The first kappa shape index (κ1) is 21.3. The number of carbonyl (C=O) groups is 1. The number of methoxy groups -OCH3 is 1. The van der Waals surface area contributed by atoms with E-state index in [2.05, 4.69) is 12.2 Å². The van der Waals surface area contributed by atoms with Gasteiger partial charge in [0.05, 0.1) is 13.2 Å². The molecule has 0 aromatic heterocycles. The molecule has 7 heteroatoms. The van der Waals surface area contributed by atoms with Gasteiger partial charge in [-0.05, 0) is 55.5 Å². The molecule has 29 heavy (non-hydrogen) atoms. The second-order valence-electron chi connectivity index (χ2n) is 7.27. The Labute approximate surface area is 172 Å². The Morgan fingerprint density at radius 1 is 1.14 bits per heavy atom. The van der Waals surface area contributed by atoms with Crippen LogP contribution in [0.15, 0.2) is 47.4 Å². The highest BCUT2D eigenvalue weighted by Crippen LogP contribution is 2.30. The Balaban J connectivity index is 1.83. The maximum atomic E-state index is 13.0. The third-order valence-electron chi connectivity index (χ3n) is 5.34. The van der Waals surface area contributed by atoms with Gasteiger partial charge in [0.2, 0.25) is 10.0 Å². The molecular weight excluding hydrogens is 388 g/mol. The van der Waals surface area contributed by atoms with E-state index in [1.165, 1.54) is 23.0 Å². The Morgan fingerprint density at radius 2 is 1.79 bits per heavy atom. The Bertz CT molecular complexity index is 965. The highest BCUT2D eigenvalue weighted by molar-refractivity contribution is 7.89. The Hall–Kier alpha value is -2.38.